The summed E-state index contributed by atoms with van der Waals surface area (Å²) < 4.78 is 31.7. The fourth-order valence-electron chi connectivity index (χ4n) is 1.64. The SMILES string of the molecule is C[C@H](N)c1cc(F)ccc1Oc1ccc(F)cc1Cl. The molecule has 0 saturated carbocycles. The van der Waals surface area contributed by atoms with Crippen LogP contribution in [-0.4, -0.2) is 0 Å². The standard InChI is InChI=1S/C14H12ClF2NO/c1-8(18)11-6-9(16)2-4-13(11)19-14-5-3-10(17)7-12(14)15/h2-8H,18H2,1H3/t8-/m0/s1. The van der Waals surface area contributed by atoms with Crippen molar-refractivity contribution < 1.29 is 13.5 Å². The van der Waals surface area contributed by atoms with Gasteiger partial charge in [0.1, 0.15) is 23.1 Å². The van der Waals surface area contributed by atoms with Gasteiger partial charge in [-0.2, -0.15) is 0 Å². The van der Waals surface area contributed by atoms with Gasteiger partial charge in [0.05, 0.1) is 5.02 Å². The molecular weight excluding hydrogens is 272 g/mol. The minimum Gasteiger partial charge on any atom is -0.455 e. The number of benzene rings is 2. The Bertz CT molecular complexity index is 602. The summed E-state index contributed by atoms with van der Waals surface area (Å²) in [6, 6.07) is 7.42. The average Bonchev–Trinajstić information content (AvgIpc) is 2.34. The first-order chi connectivity index (χ1) is 8.97. The first-order valence-electron chi connectivity index (χ1n) is 5.65. The fraction of sp³-hybridized carbons (Fsp3) is 0.143. The van der Waals surface area contributed by atoms with Gasteiger partial charge in [-0.25, -0.2) is 8.78 Å². The maximum Gasteiger partial charge on any atom is 0.146 e. The maximum absolute atomic E-state index is 13.2. The molecule has 100 valence electrons. The normalized spacial score (nSPS) is 12.3. The molecule has 2 N–H and O–H groups in total. The van der Waals surface area contributed by atoms with E-state index in [-0.39, 0.29) is 10.8 Å². The van der Waals surface area contributed by atoms with Crippen LogP contribution >= 0.6 is 11.6 Å². The number of nitrogens with two attached hydrogens (primary N) is 1. The van der Waals surface area contributed by atoms with Crippen LogP contribution in [0.3, 0.4) is 0 Å². The highest BCUT2D eigenvalue weighted by Crippen LogP contribution is 2.33. The number of hydrogen-bond acceptors (Lipinski definition) is 2. The monoisotopic (exact) mass is 283 g/mol. The Labute approximate surface area is 114 Å². The van der Waals surface area contributed by atoms with Crippen molar-refractivity contribution in [2.75, 3.05) is 0 Å². The molecule has 0 fully saturated rings. The van der Waals surface area contributed by atoms with Gasteiger partial charge in [0.2, 0.25) is 0 Å². The van der Waals surface area contributed by atoms with Gasteiger partial charge in [-0.05, 0) is 43.3 Å². The molecule has 0 bridgehead atoms. The first kappa shape index (κ1) is 13.8. The maximum atomic E-state index is 13.2. The topological polar surface area (TPSA) is 35.2 Å². The summed E-state index contributed by atoms with van der Waals surface area (Å²) in [5.74, 6) is -0.171. The zero-order valence-electron chi connectivity index (χ0n) is 10.2. The van der Waals surface area contributed by atoms with E-state index in [1.165, 1.54) is 30.3 Å². The summed E-state index contributed by atoms with van der Waals surface area (Å²) in [6.07, 6.45) is 0. The molecule has 0 aromatic heterocycles. The Balaban J connectivity index is 2.38. The minimum atomic E-state index is -0.455. The molecule has 0 aliphatic rings. The highest BCUT2D eigenvalue weighted by molar-refractivity contribution is 6.32. The van der Waals surface area contributed by atoms with E-state index >= 15 is 0 Å². The Kier molecular flexibility index (Phi) is 4.02. The Morgan fingerprint density at radius 3 is 2.21 bits per heavy atom. The summed E-state index contributed by atoms with van der Waals surface area (Å²) in [5, 5.41) is 0.139. The molecule has 5 heteroatoms. The van der Waals surface area contributed by atoms with Gasteiger partial charge in [-0.1, -0.05) is 11.6 Å². The van der Waals surface area contributed by atoms with E-state index in [9.17, 15) is 8.78 Å². The van der Waals surface area contributed by atoms with Crippen LogP contribution in [0.5, 0.6) is 11.5 Å². The lowest BCUT2D eigenvalue weighted by molar-refractivity contribution is 0.467. The third-order valence-electron chi connectivity index (χ3n) is 2.58. The molecule has 0 aliphatic heterocycles. The van der Waals surface area contributed by atoms with E-state index in [1.54, 1.807) is 6.92 Å². The molecule has 0 saturated heterocycles. The van der Waals surface area contributed by atoms with Crippen molar-refractivity contribution in [1.82, 2.24) is 0 Å². The van der Waals surface area contributed by atoms with Crippen LogP contribution in [0.15, 0.2) is 36.4 Å². The van der Waals surface area contributed by atoms with E-state index in [2.05, 4.69) is 0 Å². The number of ether oxygens (including phenoxy) is 1. The average molecular weight is 284 g/mol. The van der Waals surface area contributed by atoms with Crippen LogP contribution in [0.25, 0.3) is 0 Å². The number of halogens is 3. The zero-order valence-corrected chi connectivity index (χ0v) is 10.9. The summed E-state index contributed by atoms with van der Waals surface area (Å²) in [6.45, 7) is 1.72. The van der Waals surface area contributed by atoms with E-state index in [0.717, 1.165) is 6.07 Å². The van der Waals surface area contributed by atoms with Gasteiger partial charge in [0.25, 0.3) is 0 Å². The summed E-state index contributed by atoms with van der Waals surface area (Å²) in [5.41, 5.74) is 6.27. The Morgan fingerprint density at radius 2 is 1.63 bits per heavy atom. The molecule has 1 atom stereocenters. The number of hydrogen-bond donors (Lipinski definition) is 1. The van der Waals surface area contributed by atoms with Crippen LogP contribution in [0, 0.1) is 11.6 Å². The van der Waals surface area contributed by atoms with Crippen LogP contribution < -0.4 is 10.5 Å². The minimum absolute atomic E-state index is 0.139. The molecule has 2 aromatic rings. The molecule has 19 heavy (non-hydrogen) atoms. The predicted molar refractivity (Wildman–Crippen MR) is 70.5 cm³/mol. The lowest BCUT2D eigenvalue weighted by atomic mass is 10.1. The molecule has 0 spiro atoms. The quantitative estimate of drug-likeness (QED) is 0.904. The third kappa shape index (κ3) is 3.22. The lowest BCUT2D eigenvalue weighted by Crippen LogP contribution is -2.07. The van der Waals surface area contributed by atoms with Crippen LogP contribution in [0.1, 0.15) is 18.5 Å². The van der Waals surface area contributed by atoms with Gasteiger partial charge in [-0.3, -0.25) is 0 Å². The molecular formula is C14H12ClF2NO. The van der Waals surface area contributed by atoms with E-state index in [4.69, 9.17) is 22.1 Å². The molecule has 0 unspecified atom stereocenters. The van der Waals surface area contributed by atoms with Gasteiger partial charge in [0, 0.05) is 11.6 Å². The van der Waals surface area contributed by atoms with Gasteiger partial charge in [0.15, 0.2) is 0 Å². The molecule has 0 amide bonds. The van der Waals surface area contributed by atoms with Crippen molar-refractivity contribution in [3.63, 3.8) is 0 Å². The van der Waals surface area contributed by atoms with E-state index < -0.39 is 17.7 Å². The first-order valence-corrected chi connectivity index (χ1v) is 6.03. The lowest BCUT2D eigenvalue weighted by Gasteiger charge is -2.14. The van der Waals surface area contributed by atoms with Gasteiger partial charge < -0.3 is 10.5 Å². The van der Waals surface area contributed by atoms with Gasteiger partial charge in [-0.15, -0.1) is 0 Å². The second kappa shape index (κ2) is 5.55. The van der Waals surface area contributed by atoms with Crippen molar-refractivity contribution >= 4 is 11.6 Å². The zero-order chi connectivity index (χ0) is 14.0. The summed E-state index contributed by atoms with van der Waals surface area (Å²) >= 11 is 5.87. The molecule has 2 aromatic carbocycles. The largest absolute Gasteiger partial charge is 0.455 e. The smallest absolute Gasteiger partial charge is 0.146 e. The molecule has 0 heterocycles. The highest BCUT2D eigenvalue weighted by atomic mass is 35.5. The Morgan fingerprint density at radius 1 is 1.05 bits per heavy atom. The van der Waals surface area contributed by atoms with E-state index in [0.29, 0.717) is 11.3 Å². The van der Waals surface area contributed by atoms with Crippen LogP contribution in [-0.2, 0) is 0 Å². The van der Waals surface area contributed by atoms with Gasteiger partial charge >= 0.3 is 0 Å². The van der Waals surface area contributed by atoms with E-state index in [1.807, 2.05) is 0 Å². The van der Waals surface area contributed by atoms with Crippen molar-refractivity contribution in [1.29, 1.82) is 0 Å². The molecule has 2 nitrogen and oxygen atoms in total. The Hall–Kier alpha value is -1.65. The van der Waals surface area contributed by atoms with Crippen molar-refractivity contribution in [3.05, 3.63) is 58.6 Å². The second-order valence-corrected chi connectivity index (χ2v) is 4.55. The van der Waals surface area contributed by atoms with Crippen molar-refractivity contribution in [3.8, 4) is 11.5 Å². The fourth-order valence-corrected chi connectivity index (χ4v) is 1.85. The van der Waals surface area contributed by atoms with Crippen LogP contribution in [0.2, 0.25) is 5.02 Å². The van der Waals surface area contributed by atoms with Crippen LogP contribution in [0.4, 0.5) is 8.78 Å². The predicted octanol–water partition coefficient (Wildman–Crippen LogP) is 4.43. The van der Waals surface area contributed by atoms with Crippen molar-refractivity contribution in [2.45, 2.75) is 13.0 Å². The highest BCUT2D eigenvalue weighted by Gasteiger charge is 2.12. The number of rotatable bonds is 3. The summed E-state index contributed by atoms with van der Waals surface area (Å²) in [7, 11) is 0. The van der Waals surface area contributed by atoms with Crippen molar-refractivity contribution in [2.24, 2.45) is 5.73 Å². The third-order valence-corrected chi connectivity index (χ3v) is 2.87. The summed E-state index contributed by atoms with van der Waals surface area (Å²) in [4.78, 5) is 0. The second-order valence-electron chi connectivity index (χ2n) is 4.15. The molecule has 2 rings (SSSR count). The molecule has 0 radical (unpaired) electrons. The molecule has 0 aliphatic carbocycles.